The fraction of sp³-hybridized carbons (Fsp3) is 0.143. The third-order valence-electron chi connectivity index (χ3n) is 1.49. The molecule has 0 aliphatic rings. The molecule has 5 nitrogen and oxygen atoms in total. The summed E-state index contributed by atoms with van der Waals surface area (Å²) in [4.78, 5) is 12.7. The smallest absolute Gasteiger partial charge is 0.358 e. The molecule has 0 aromatic carbocycles. The number of hydrogen-bond acceptors (Lipinski definition) is 4. The van der Waals surface area contributed by atoms with E-state index in [0.717, 1.165) is 6.07 Å². The number of alkyl halides is 2. The summed E-state index contributed by atoms with van der Waals surface area (Å²) in [5, 5.41) is 18.9. The van der Waals surface area contributed by atoms with E-state index >= 15 is 0 Å². The van der Waals surface area contributed by atoms with Gasteiger partial charge in [0.25, 0.3) is 0 Å². The SMILES string of the molecule is N#Cc1cc(I)c([N+](=O)[O-])nc1C(F)F. The molecule has 0 aliphatic heterocycles. The molecule has 1 aromatic heterocycles. The molecule has 0 atom stereocenters. The van der Waals surface area contributed by atoms with Gasteiger partial charge in [-0.3, -0.25) is 0 Å². The Balaban J connectivity index is 3.45. The van der Waals surface area contributed by atoms with E-state index in [2.05, 4.69) is 4.98 Å². The van der Waals surface area contributed by atoms with Crippen LogP contribution in [0.5, 0.6) is 0 Å². The summed E-state index contributed by atoms with van der Waals surface area (Å²) in [5.74, 6) is -0.662. The third kappa shape index (κ3) is 2.35. The largest absolute Gasteiger partial charge is 0.377 e. The third-order valence-corrected chi connectivity index (χ3v) is 2.28. The number of nitro groups is 1. The van der Waals surface area contributed by atoms with Crippen molar-refractivity contribution in [1.29, 1.82) is 5.26 Å². The average molecular weight is 325 g/mol. The first-order valence-electron chi connectivity index (χ1n) is 3.50. The highest BCUT2D eigenvalue weighted by Crippen LogP contribution is 2.27. The van der Waals surface area contributed by atoms with E-state index in [1.54, 1.807) is 22.6 Å². The number of aromatic nitrogens is 1. The molecule has 0 fully saturated rings. The van der Waals surface area contributed by atoms with E-state index < -0.39 is 22.9 Å². The number of hydrogen-bond donors (Lipinski definition) is 0. The minimum Gasteiger partial charge on any atom is -0.358 e. The second-order valence-corrected chi connectivity index (χ2v) is 3.56. The monoisotopic (exact) mass is 325 g/mol. The molecule has 0 amide bonds. The van der Waals surface area contributed by atoms with Crippen molar-refractivity contribution in [2.24, 2.45) is 0 Å². The van der Waals surface area contributed by atoms with Crippen LogP contribution in [-0.4, -0.2) is 9.91 Å². The Morgan fingerprint density at radius 3 is 2.67 bits per heavy atom. The molecule has 1 aromatic rings. The molecule has 8 heteroatoms. The lowest BCUT2D eigenvalue weighted by molar-refractivity contribution is -0.390. The quantitative estimate of drug-likeness (QED) is 0.475. The minimum atomic E-state index is -3.00. The second-order valence-electron chi connectivity index (χ2n) is 2.40. The van der Waals surface area contributed by atoms with Crippen molar-refractivity contribution in [3.8, 4) is 6.07 Å². The van der Waals surface area contributed by atoms with E-state index in [1.807, 2.05) is 0 Å². The van der Waals surface area contributed by atoms with Gasteiger partial charge in [0, 0.05) is 0 Å². The Hall–Kier alpha value is -1.37. The normalized spacial score (nSPS) is 10.1. The van der Waals surface area contributed by atoms with Gasteiger partial charge < -0.3 is 10.1 Å². The number of pyridine rings is 1. The van der Waals surface area contributed by atoms with Gasteiger partial charge in [-0.2, -0.15) is 5.26 Å². The molecular weight excluding hydrogens is 323 g/mol. The van der Waals surface area contributed by atoms with Crippen LogP contribution in [0.25, 0.3) is 0 Å². The molecule has 0 N–H and O–H groups in total. The van der Waals surface area contributed by atoms with Crippen molar-refractivity contribution < 1.29 is 13.7 Å². The average Bonchev–Trinajstić information content (AvgIpc) is 2.16. The van der Waals surface area contributed by atoms with Crippen molar-refractivity contribution in [1.82, 2.24) is 4.98 Å². The summed E-state index contributed by atoms with van der Waals surface area (Å²) in [5.41, 5.74) is -1.20. The predicted octanol–water partition coefficient (Wildman–Crippen LogP) is 2.40. The van der Waals surface area contributed by atoms with Crippen LogP contribution in [0.4, 0.5) is 14.6 Å². The van der Waals surface area contributed by atoms with Crippen LogP contribution in [-0.2, 0) is 0 Å². The van der Waals surface area contributed by atoms with Crippen LogP contribution in [0.15, 0.2) is 6.07 Å². The van der Waals surface area contributed by atoms with E-state index in [1.165, 1.54) is 6.07 Å². The molecule has 78 valence electrons. The van der Waals surface area contributed by atoms with Crippen LogP contribution in [0.3, 0.4) is 0 Å². The van der Waals surface area contributed by atoms with Crippen LogP contribution in [0, 0.1) is 25.0 Å². The van der Waals surface area contributed by atoms with Gasteiger partial charge in [-0.25, -0.2) is 8.78 Å². The number of rotatable bonds is 2. The molecule has 0 radical (unpaired) electrons. The van der Waals surface area contributed by atoms with Gasteiger partial charge in [0.05, 0.1) is 0 Å². The molecule has 15 heavy (non-hydrogen) atoms. The van der Waals surface area contributed by atoms with Crippen LogP contribution >= 0.6 is 22.6 Å². The van der Waals surface area contributed by atoms with Gasteiger partial charge >= 0.3 is 12.2 Å². The summed E-state index contributed by atoms with van der Waals surface area (Å²) >= 11 is 1.56. The Labute approximate surface area is 96.0 Å². The highest BCUT2D eigenvalue weighted by Gasteiger charge is 2.26. The molecule has 0 saturated carbocycles. The van der Waals surface area contributed by atoms with E-state index in [9.17, 15) is 18.9 Å². The van der Waals surface area contributed by atoms with E-state index in [-0.39, 0.29) is 9.13 Å². The van der Waals surface area contributed by atoms with Crippen LogP contribution in [0.1, 0.15) is 17.7 Å². The Bertz CT molecular complexity index is 458. The first-order valence-corrected chi connectivity index (χ1v) is 4.58. The zero-order chi connectivity index (χ0) is 11.6. The minimum absolute atomic E-state index is 0.0542. The lowest BCUT2D eigenvalue weighted by Crippen LogP contribution is -2.02. The predicted molar refractivity (Wildman–Crippen MR) is 53.3 cm³/mol. The molecule has 0 saturated heterocycles. The maximum Gasteiger partial charge on any atom is 0.377 e. The van der Waals surface area contributed by atoms with Crippen molar-refractivity contribution in [3.05, 3.63) is 31.0 Å². The van der Waals surface area contributed by atoms with Crippen molar-refractivity contribution in [3.63, 3.8) is 0 Å². The lowest BCUT2D eigenvalue weighted by Gasteiger charge is -1.99. The Kier molecular flexibility index (Phi) is 3.46. The highest BCUT2D eigenvalue weighted by atomic mass is 127. The highest BCUT2D eigenvalue weighted by molar-refractivity contribution is 14.1. The summed E-state index contributed by atoms with van der Waals surface area (Å²) < 4.78 is 24.8. The molecule has 0 bridgehead atoms. The van der Waals surface area contributed by atoms with E-state index in [4.69, 9.17) is 5.26 Å². The van der Waals surface area contributed by atoms with Gasteiger partial charge in [0.2, 0.25) is 5.69 Å². The zero-order valence-corrected chi connectivity index (χ0v) is 9.10. The molecule has 0 spiro atoms. The fourth-order valence-corrected chi connectivity index (χ4v) is 1.51. The van der Waals surface area contributed by atoms with Gasteiger partial charge in [-0.05, 0) is 38.6 Å². The molecule has 1 rings (SSSR count). The van der Waals surface area contributed by atoms with Gasteiger partial charge in [0.15, 0.2) is 0 Å². The Morgan fingerprint density at radius 1 is 1.67 bits per heavy atom. The summed E-state index contributed by atoms with van der Waals surface area (Å²) in [6, 6.07) is 2.53. The standard InChI is InChI=1S/C7H2F2IN3O2/c8-6(9)5-3(2-11)1-4(10)7(12-5)13(14)15/h1,6H. The van der Waals surface area contributed by atoms with Crippen molar-refractivity contribution in [2.45, 2.75) is 6.43 Å². The van der Waals surface area contributed by atoms with Crippen LogP contribution < -0.4 is 0 Å². The Morgan fingerprint density at radius 2 is 2.27 bits per heavy atom. The zero-order valence-electron chi connectivity index (χ0n) is 6.95. The maximum absolute atomic E-state index is 12.4. The first kappa shape index (κ1) is 11.7. The summed E-state index contributed by atoms with van der Waals surface area (Å²) in [6.45, 7) is 0. The first-order chi connectivity index (χ1) is 6.97. The van der Waals surface area contributed by atoms with Crippen molar-refractivity contribution in [2.75, 3.05) is 0 Å². The summed E-state index contributed by atoms with van der Waals surface area (Å²) in [7, 11) is 0. The van der Waals surface area contributed by atoms with Gasteiger partial charge in [0.1, 0.15) is 15.2 Å². The fourth-order valence-electron chi connectivity index (χ4n) is 0.877. The number of nitrogens with zero attached hydrogens (tertiary/aromatic N) is 3. The molecule has 1 heterocycles. The van der Waals surface area contributed by atoms with Gasteiger partial charge in [-0.1, -0.05) is 0 Å². The number of nitriles is 1. The topological polar surface area (TPSA) is 79.8 Å². The molecular formula is C7H2F2IN3O2. The van der Waals surface area contributed by atoms with Crippen molar-refractivity contribution >= 4 is 28.4 Å². The van der Waals surface area contributed by atoms with E-state index in [0.29, 0.717) is 0 Å². The maximum atomic E-state index is 12.4. The summed E-state index contributed by atoms with van der Waals surface area (Å²) in [6.07, 6.45) is -3.00. The molecule has 0 unspecified atom stereocenters. The second kappa shape index (κ2) is 4.43. The number of halogens is 3. The van der Waals surface area contributed by atoms with Crippen LogP contribution in [0.2, 0.25) is 0 Å². The lowest BCUT2D eigenvalue weighted by atomic mass is 10.2. The van der Waals surface area contributed by atoms with Gasteiger partial charge in [-0.15, -0.1) is 0 Å². The molecule has 0 aliphatic carbocycles.